The van der Waals surface area contributed by atoms with Gasteiger partial charge in [-0.05, 0) is 62.4 Å². The van der Waals surface area contributed by atoms with E-state index < -0.39 is 0 Å². The number of nitrogens with one attached hydrogen (secondary N) is 1. The van der Waals surface area contributed by atoms with Crippen LogP contribution in [0.15, 0.2) is 48.5 Å². The van der Waals surface area contributed by atoms with Crippen molar-refractivity contribution >= 4 is 39.2 Å². The van der Waals surface area contributed by atoms with Crippen molar-refractivity contribution in [3.63, 3.8) is 0 Å². The van der Waals surface area contributed by atoms with Gasteiger partial charge in [-0.3, -0.25) is 0 Å². The molecule has 0 spiro atoms. The Labute approximate surface area is 209 Å². The topological polar surface area (TPSA) is 44.3 Å². The molecule has 5 nitrogen and oxygen atoms in total. The van der Waals surface area contributed by atoms with Crippen molar-refractivity contribution in [1.82, 2.24) is 20.2 Å². The van der Waals surface area contributed by atoms with Gasteiger partial charge in [0.15, 0.2) is 5.82 Å². The van der Waals surface area contributed by atoms with Gasteiger partial charge in [-0.15, -0.1) is 0 Å². The van der Waals surface area contributed by atoms with Crippen LogP contribution in [0.1, 0.15) is 24.5 Å². The SMILES string of the molecule is CN(C)C1CN(c2nc(C3CCNCC3)c3cc(Cl)c(-c4cccc5ccccc45)c(F)c3n2)C1. The molecule has 3 aromatic carbocycles. The van der Waals surface area contributed by atoms with Gasteiger partial charge < -0.3 is 15.1 Å². The van der Waals surface area contributed by atoms with Crippen LogP contribution in [-0.2, 0) is 0 Å². The molecule has 1 N–H and O–H groups in total. The van der Waals surface area contributed by atoms with Crippen molar-refractivity contribution in [1.29, 1.82) is 0 Å². The summed E-state index contributed by atoms with van der Waals surface area (Å²) in [6, 6.07) is 16.3. The van der Waals surface area contributed by atoms with E-state index in [4.69, 9.17) is 21.6 Å². The van der Waals surface area contributed by atoms with Gasteiger partial charge >= 0.3 is 0 Å². The zero-order valence-electron chi connectivity index (χ0n) is 20.1. The molecule has 2 aliphatic heterocycles. The third-order valence-corrected chi connectivity index (χ3v) is 7.86. The Balaban J connectivity index is 1.55. The van der Waals surface area contributed by atoms with Gasteiger partial charge in [-0.1, -0.05) is 54.1 Å². The Kier molecular flexibility index (Phi) is 5.83. The third kappa shape index (κ3) is 3.94. The van der Waals surface area contributed by atoms with E-state index in [2.05, 4.69) is 29.2 Å². The summed E-state index contributed by atoms with van der Waals surface area (Å²) in [7, 11) is 4.17. The van der Waals surface area contributed by atoms with E-state index in [0.29, 0.717) is 28.1 Å². The minimum absolute atomic E-state index is 0.255. The number of anilines is 1. The summed E-state index contributed by atoms with van der Waals surface area (Å²) in [5, 5.41) is 6.57. The lowest BCUT2D eigenvalue weighted by Gasteiger charge is -2.43. The molecule has 2 aliphatic rings. The summed E-state index contributed by atoms with van der Waals surface area (Å²) < 4.78 is 16.4. The molecular formula is C28H29ClFN5. The largest absolute Gasteiger partial charge is 0.338 e. The van der Waals surface area contributed by atoms with Crippen molar-refractivity contribution in [3.8, 4) is 11.1 Å². The lowest BCUT2D eigenvalue weighted by atomic mass is 9.90. The monoisotopic (exact) mass is 489 g/mol. The Bertz CT molecular complexity index is 1400. The first-order chi connectivity index (χ1) is 17.0. The van der Waals surface area contributed by atoms with Gasteiger partial charge in [0.05, 0.1) is 10.7 Å². The smallest absolute Gasteiger partial charge is 0.226 e. The number of benzene rings is 3. The van der Waals surface area contributed by atoms with Crippen LogP contribution in [-0.4, -0.2) is 61.2 Å². The van der Waals surface area contributed by atoms with E-state index in [1.165, 1.54) is 0 Å². The van der Waals surface area contributed by atoms with Gasteiger partial charge in [0, 0.05) is 36.0 Å². The van der Waals surface area contributed by atoms with Crippen LogP contribution in [0.3, 0.4) is 0 Å². The summed E-state index contributed by atoms with van der Waals surface area (Å²) in [5.41, 5.74) is 2.48. The minimum atomic E-state index is -0.368. The Morgan fingerprint density at radius 3 is 2.51 bits per heavy atom. The molecular weight excluding hydrogens is 461 g/mol. The van der Waals surface area contributed by atoms with Gasteiger partial charge in [-0.25, -0.2) is 14.4 Å². The molecule has 180 valence electrons. The van der Waals surface area contributed by atoms with Crippen LogP contribution in [0.25, 0.3) is 32.8 Å². The number of hydrogen-bond donors (Lipinski definition) is 1. The van der Waals surface area contributed by atoms with Crippen LogP contribution < -0.4 is 10.2 Å². The second-order valence-electron chi connectivity index (χ2n) is 9.93. The first-order valence-corrected chi connectivity index (χ1v) is 12.7. The third-order valence-electron chi connectivity index (χ3n) is 7.56. The first kappa shape index (κ1) is 22.7. The number of likely N-dealkylation sites (N-methyl/N-ethyl adjacent to an activating group) is 1. The fourth-order valence-corrected chi connectivity index (χ4v) is 5.68. The van der Waals surface area contributed by atoms with Crippen molar-refractivity contribution in [3.05, 3.63) is 65.1 Å². The molecule has 0 unspecified atom stereocenters. The molecule has 1 aromatic heterocycles. The maximum Gasteiger partial charge on any atom is 0.226 e. The van der Waals surface area contributed by atoms with Gasteiger partial charge in [0.25, 0.3) is 0 Å². The highest BCUT2D eigenvalue weighted by Gasteiger charge is 2.32. The molecule has 0 saturated carbocycles. The van der Waals surface area contributed by atoms with E-state index >= 15 is 4.39 Å². The normalized spacial score (nSPS) is 17.5. The number of halogens is 2. The summed E-state index contributed by atoms with van der Waals surface area (Å²) in [6.07, 6.45) is 1.94. The molecule has 0 amide bonds. The Morgan fingerprint density at radius 1 is 1.00 bits per heavy atom. The zero-order valence-corrected chi connectivity index (χ0v) is 20.8. The first-order valence-electron chi connectivity index (χ1n) is 12.3. The average molecular weight is 490 g/mol. The molecule has 35 heavy (non-hydrogen) atoms. The zero-order chi connectivity index (χ0) is 24.1. The van der Waals surface area contributed by atoms with Gasteiger partial charge in [-0.2, -0.15) is 0 Å². The molecule has 4 aromatic rings. The number of aromatic nitrogens is 2. The maximum absolute atomic E-state index is 16.4. The molecule has 0 atom stereocenters. The van der Waals surface area contributed by atoms with Crippen molar-refractivity contribution in [2.75, 3.05) is 45.2 Å². The highest BCUT2D eigenvalue weighted by atomic mass is 35.5. The molecule has 7 heteroatoms. The van der Waals surface area contributed by atoms with Crippen LogP contribution >= 0.6 is 11.6 Å². The molecule has 6 rings (SSSR count). The highest BCUT2D eigenvalue weighted by Crippen LogP contribution is 2.41. The molecule has 0 radical (unpaired) electrons. The van der Waals surface area contributed by atoms with Crippen molar-refractivity contribution < 1.29 is 4.39 Å². The van der Waals surface area contributed by atoms with E-state index in [1.54, 1.807) is 0 Å². The van der Waals surface area contributed by atoms with Crippen LogP contribution in [0.5, 0.6) is 0 Å². The Morgan fingerprint density at radius 2 is 1.74 bits per heavy atom. The number of nitrogens with zero attached hydrogens (tertiary/aromatic N) is 4. The predicted octanol–water partition coefficient (Wildman–Crippen LogP) is 5.46. The summed E-state index contributed by atoms with van der Waals surface area (Å²) in [6.45, 7) is 3.55. The Hall–Kier alpha value is -2.80. The van der Waals surface area contributed by atoms with Gasteiger partial charge in [0.1, 0.15) is 5.52 Å². The van der Waals surface area contributed by atoms with Crippen LogP contribution in [0.4, 0.5) is 10.3 Å². The highest BCUT2D eigenvalue weighted by molar-refractivity contribution is 6.34. The van der Waals surface area contributed by atoms with E-state index in [9.17, 15) is 0 Å². The number of hydrogen-bond acceptors (Lipinski definition) is 5. The second kappa shape index (κ2) is 9.01. The van der Waals surface area contributed by atoms with E-state index in [1.807, 2.05) is 48.5 Å². The number of rotatable bonds is 4. The van der Waals surface area contributed by atoms with E-state index in [0.717, 1.165) is 66.4 Å². The fourth-order valence-electron chi connectivity index (χ4n) is 5.39. The molecule has 3 heterocycles. The quantitative estimate of drug-likeness (QED) is 0.412. The summed E-state index contributed by atoms with van der Waals surface area (Å²) in [4.78, 5) is 14.2. The standard InChI is InChI=1S/C28H29ClFN5/c1-34(2)19-15-35(16-19)28-32-26(18-10-12-31-13-11-18)22-14-23(29)24(25(30)27(22)33-28)21-9-5-7-17-6-3-4-8-20(17)21/h3-9,14,18-19,31H,10-13,15-16H2,1-2H3. The lowest BCUT2D eigenvalue weighted by Crippen LogP contribution is -2.58. The molecule has 2 fully saturated rings. The molecule has 0 aliphatic carbocycles. The van der Waals surface area contributed by atoms with E-state index in [-0.39, 0.29) is 11.7 Å². The van der Waals surface area contributed by atoms with Crippen molar-refractivity contribution in [2.45, 2.75) is 24.8 Å². The molecule has 0 bridgehead atoms. The summed E-state index contributed by atoms with van der Waals surface area (Å²) in [5.74, 6) is 0.506. The second-order valence-corrected chi connectivity index (χ2v) is 10.3. The fraction of sp³-hybridized carbons (Fsp3) is 0.357. The van der Waals surface area contributed by atoms with Crippen LogP contribution in [0, 0.1) is 5.82 Å². The molecule has 2 saturated heterocycles. The van der Waals surface area contributed by atoms with Crippen LogP contribution in [0.2, 0.25) is 5.02 Å². The number of piperidine rings is 1. The average Bonchev–Trinajstić information content (AvgIpc) is 2.83. The van der Waals surface area contributed by atoms with Crippen molar-refractivity contribution in [2.24, 2.45) is 0 Å². The predicted molar refractivity (Wildman–Crippen MR) is 142 cm³/mol. The van der Waals surface area contributed by atoms with Gasteiger partial charge in [0.2, 0.25) is 5.95 Å². The minimum Gasteiger partial charge on any atom is -0.338 e. The maximum atomic E-state index is 16.4. The number of fused-ring (bicyclic) bond motifs is 2. The summed E-state index contributed by atoms with van der Waals surface area (Å²) >= 11 is 6.83. The lowest BCUT2D eigenvalue weighted by molar-refractivity contribution is 0.245.